The van der Waals surface area contributed by atoms with Crippen LogP contribution in [0.2, 0.25) is 0 Å². The number of furan rings is 1. The van der Waals surface area contributed by atoms with Crippen molar-refractivity contribution in [3.63, 3.8) is 0 Å². The number of methoxy groups -OCH3 is 1. The fourth-order valence-corrected chi connectivity index (χ4v) is 2.50. The molecule has 2 nitrogen and oxygen atoms in total. The first-order valence-electron chi connectivity index (χ1n) is 5.83. The van der Waals surface area contributed by atoms with Crippen molar-refractivity contribution in [3.05, 3.63) is 23.7 Å². The highest BCUT2D eigenvalue weighted by molar-refractivity contribution is 5.16. The molecule has 0 radical (unpaired) electrons. The van der Waals surface area contributed by atoms with Gasteiger partial charge in [-0.1, -0.05) is 26.2 Å². The van der Waals surface area contributed by atoms with Crippen LogP contribution in [0.1, 0.15) is 50.5 Å². The zero-order valence-electron chi connectivity index (χ0n) is 9.71. The molecule has 1 aliphatic rings. The summed E-state index contributed by atoms with van der Waals surface area (Å²) >= 11 is 0. The summed E-state index contributed by atoms with van der Waals surface area (Å²) in [5.41, 5.74) is 0.268. The van der Waals surface area contributed by atoms with Crippen LogP contribution < -0.4 is 0 Å². The van der Waals surface area contributed by atoms with Gasteiger partial charge in [0.2, 0.25) is 0 Å². The number of hydrogen-bond acceptors (Lipinski definition) is 2. The van der Waals surface area contributed by atoms with Crippen molar-refractivity contribution in [3.8, 4) is 0 Å². The molecular weight excluding hydrogens is 188 g/mol. The van der Waals surface area contributed by atoms with Gasteiger partial charge in [0.1, 0.15) is 18.1 Å². The lowest BCUT2D eigenvalue weighted by Crippen LogP contribution is -2.24. The minimum atomic E-state index is 0.268. The average Bonchev–Trinajstić information content (AvgIpc) is 2.69. The standard InChI is InChI=1S/C13H20O2/c1-13(8-4-3-5-9-13)12-7-6-11(15-12)10-14-2/h6-7H,3-5,8-10H2,1-2H3. The Hall–Kier alpha value is -0.760. The first-order valence-corrected chi connectivity index (χ1v) is 5.83. The monoisotopic (exact) mass is 208 g/mol. The van der Waals surface area contributed by atoms with E-state index in [1.54, 1.807) is 7.11 Å². The van der Waals surface area contributed by atoms with Crippen LogP contribution in [-0.4, -0.2) is 7.11 Å². The maximum absolute atomic E-state index is 5.84. The molecule has 1 aromatic heterocycles. The Morgan fingerprint density at radius 3 is 2.67 bits per heavy atom. The molecule has 2 heteroatoms. The molecule has 0 atom stereocenters. The third-order valence-electron chi connectivity index (χ3n) is 3.50. The van der Waals surface area contributed by atoms with E-state index >= 15 is 0 Å². The third-order valence-corrected chi connectivity index (χ3v) is 3.50. The molecule has 15 heavy (non-hydrogen) atoms. The second-order valence-corrected chi connectivity index (χ2v) is 4.82. The van der Waals surface area contributed by atoms with Crippen LogP contribution in [0.3, 0.4) is 0 Å². The topological polar surface area (TPSA) is 22.4 Å². The zero-order chi connectivity index (χ0) is 10.7. The molecule has 0 saturated heterocycles. The first kappa shape index (κ1) is 10.7. The maximum atomic E-state index is 5.84. The van der Waals surface area contributed by atoms with Crippen LogP contribution in [0, 0.1) is 0 Å². The lowest BCUT2D eigenvalue weighted by Gasteiger charge is -2.31. The van der Waals surface area contributed by atoms with E-state index in [1.165, 1.54) is 32.1 Å². The molecule has 0 amide bonds. The van der Waals surface area contributed by atoms with Crippen molar-refractivity contribution in [2.24, 2.45) is 0 Å². The van der Waals surface area contributed by atoms with Crippen LogP contribution in [0.4, 0.5) is 0 Å². The minimum absolute atomic E-state index is 0.268. The number of hydrogen-bond donors (Lipinski definition) is 0. The van der Waals surface area contributed by atoms with Gasteiger partial charge in [-0.15, -0.1) is 0 Å². The summed E-state index contributed by atoms with van der Waals surface area (Å²) in [5, 5.41) is 0. The summed E-state index contributed by atoms with van der Waals surface area (Å²) in [6.07, 6.45) is 6.55. The van der Waals surface area contributed by atoms with Crippen LogP contribution in [-0.2, 0) is 16.8 Å². The van der Waals surface area contributed by atoms with Crippen molar-refractivity contribution < 1.29 is 9.15 Å². The lowest BCUT2D eigenvalue weighted by atomic mass is 9.74. The third kappa shape index (κ3) is 2.25. The van der Waals surface area contributed by atoms with Gasteiger partial charge in [0.05, 0.1) is 0 Å². The Morgan fingerprint density at radius 2 is 2.00 bits per heavy atom. The predicted molar refractivity (Wildman–Crippen MR) is 59.9 cm³/mol. The summed E-state index contributed by atoms with van der Waals surface area (Å²) in [7, 11) is 1.70. The summed E-state index contributed by atoms with van der Waals surface area (Å²) in [5.74, 6) is 2.09. The molecule has 1 aromatic rings. The maximum Gasteiger partial charge on any atom is 0.129 e. The molecule has 1 fully saturated rings. The largest absolute Gasteiger partial charge is 0.463 e. The Morgan fingerprint density at radius 1 is 1.27 bits per heavy atom. The fraction of sp³-hybridized carbons (Fsp3) is 0.692. The minimum Gasteiger partial charge on any atom is -0.463 e. The average molecular weight is 208 g/mol. The van der Waals surface area contributed by atoms with E-state index in [9.17, 15) is 0 Å². The van der Waals surface area contributed by atoms with Crippen LogP contribution in [0.5, 0.6) is 0 Å². The first-order chi connectivity index (χ1) is 7.24. The second-order valence-electron chi connectivity index (χ2n) is 4.82. The van der Waals surface area contributed by atoms with Gasteiger partial charge in [-0.05, 0) is 25.0 Å². The molecule has 1 heterocycles. The molecule has 0 aliphatic heterocycles. The van der Waals surface area contributed by atoms with Crippen LogP contribution in [0.25, 0.3) is 0 Å². The van der Waals surface area contributed by atoms with E-state index in [0.717, 1.165) is 11.5 Å². The second kappa shape index (κ2) is 4.40. The summed E-state index contributed by atoms with van der Waals surface area (Å²) in [6.45, 7) is 2.90. The van der Waals surface area contributed by atoms with E-state index in [4.69, 9.17) is 9.15 Å². The SMILES string of the molecule is COCc1ccc(C2(C)CCCCC2)o1. The number of rotatable bonds is 3. The summed E-state index contributed by atoms with van der Waals surface area (Å²) in [4.78, 5) is 0. The van der Waals surface area contributed by atoms with E-state index in [0.29, 0.717) is 6.61 Å². The van der Waals surface area contributed by atoms with Gasteiger partial charge in [-0.25, -0.2) is 0 Å². The van der Waals surface area contributed by atoms with E-state index in [2.05, 4.69) is 13.0 Å². The predicted octanol–water partition coefficient (Wildman–Crippen LogP) is 3.65. The molecule has 1 aliphatic carbocycles. The van der Waals surface area contributed by atoms with Crippen LogP contribution in [0.15, 0.2) is 16.5 Å². The molecule has 2 rings (SSSR count). The van der Waals surface area contributed by atoms with Gasteiger partial charge >= 0.3 is 0 Å². The Kier molecular flexibility index (Phi) is 3.15. The normalized spacial score (nSPS) is 20.4. The Labute approximate surface area is 91.6 Å². The van der Waals surface area contributed by atoms with Gasteiger partial charge in [0, 0.05) is 12.5 Å². The van der Waals surface area contributed by atoms with E-state index < -0.39 is 0 Å². The van der Waals surface area contributed by atoms with Crippen molar-refractivity contribution in [2.45, 2.75) is 51.0 Å². The highest BCUT2D eigenvalue weighted by atomic mass is 16.5. The van der Waals surface area contributed by atoms with Gasteiger partial charge in [0.25, 0.3) is 0 Å². The molecule has 0 bridgehead atoms. The Balaban J connectivity index is 2.12. The van der Waals surface area contributed by atoms with Crippen molar-refractivity contribution in [1.29, 1.82) is 0 Å². The van der Waals surface area contributed by atoms with Crippen molar-refractivity contribution in [1.82, 2.24) is 0 Å². The summed E-state index contributed by atoms with van der Waals surface area (Å²) in [6, 6.07) is 4.17. The summed E-state index contributed by atoms with van der Waals surface area (Å²) < 4.78 is 10.9. The Bertz CT molecular complexity index is 308. The smallest absolute Gasteiger partial charge is 0.129 e. The quantitative estimate of drug-likeness (QED) is 0.756. The van der Waals surface area contributed by atoms with Crippen molar-refractivity contribution >= 4 is 0 Å². The molecular formula is C13H20O2. The van der Waals surface area contributed by atoms with Crippen LogP contribution >= 0.6 is 0 Å². The number of ether oxygens (including phenoxy) is 1. The molecule has 84 valence electrons. The molecule has 0 unspecified atom stereocenters. The van der Waals surface area contributed by atoms with Gasteiger partial charge in [-0.2, -0.15) is 0 Å². The van der Waals surface area contributed by atoms with E-state index in [1.807, 2.05) is 6.07 Å². The molecule has 0 N–H and O–H groups in total. The van der Waals surface area contributed by atoms with Gasteiger partial charge in [-0.3, -0.25) is 0 Å². The van der Waals surface area contributed by atoms with Crippen molar-refractivity contribution in [2.75, 3.05) is 7.11 Å². The highest BCUT2D eigenvalue weighted by Gasteiger charge is 2.31. The zero-order valence-corrected chi connectivity index (χ0v) is 9.71. The van der Waals surface area contributed by atoms with Gasteiger partial charge < -0.3 is 9.15 Å². The molecule has 0 aromatic carbocycles. The fourth-order valence-electron chi connectivity index (χ4n) is 2.50. The van der Waals surface area contributed by atoms with E-state index in [-0.39, 0.29) is 5.41 Å². The molecule has 0 spiro atoms. The highest BCUT2D eigenvalue weighted by Crippen LogP contribution is 2.39. The van der Waals surface area contributed by atoms with Gasteiger partial charge in [0.15, 0.2) is 0 Å². The lowest BCUT2D eigenvalue weighted by molar-refractivity contribution is 0.157. The molecule has 1 saturated carbocycles.